The predicted molar refractivity (Wildman–Crippen MR) is 117 cm³/mol. The molecule has 1 aliphatic heterocycles. The number of hydrogen-bond acceptors (Lipinski definition) is 4. The lowest BCUT2D eigenvalue weighted by Gasteiger charge is -2.35. The molecule has 1 unspecified atom stereocenters. The van der Waals surface area contributed by atoms with E-state index >= 15 is 0 Å². The molecule has 1 aliphatic rings. The summed E-state index contributed by atoms with van der Waals surface area (Å²) >= 11 is 0. The second-order valence-corrected chi connectivity index (χ2v) is 7.57. The van der Waals surface area contributed by atoms with Crippen molar-refractivity contribution >= 4 is 24.3 Å². The van der Waals surface area contributed by atoms with Crippen LogP contribution in [-0.4, -0.2) is 55.2 Å². The molecule has 29 heavy (non-hydrogen) atoms. The van der Waals surface area contributed by atoms with Crippen LogP contribution >= 0.6 is 12.4 Å². The summed E-state index contributed by atoms with van der Waals surface area (Å²) in [6, 6.07) is 8.83. The summed E-state index contributed by atoms with van der Waals surface area (Å²) < 4.78 is 5.80. The van der Waals surface area contributed by atoms with Crippen molar-refractivity contribution in [1.82, 2.24) is 15.5 Å². The minimum absolute atomic E-state index is 0. The van der Waals surface area contributed by atoms with E-state index in [1.165, 1.54) is 0 Å². The number of hydrogen-bond donors (Lipinski definition) is 3. The lowest BCUT2D eigenvalue weighted by Crippen LogP contribution is -2.55. The van der Waals surface area contributed by atoms with E-state index in [2.05, 4.69) is 10.6 Å². The summed E-state index contributed by atoms with van der Waals surface area (Å²) in [5, 5.41) is 5.68. The van der Waals surface area contributed by atoms with Crippen molar-refractivity contribution in [2.75, 3.05) is 26.2 Å². The number of benzene rings is 1. The highest BCUT2D eigenvalue weighted by molar-refractivity contribution is 5.87. The van der Waals surface area contributed by atoms with Crippen LogP contribution in [0.5, 0.6) is 0 Å². The van der Waals surface area contributed by atoms with E-state index in [1.807, 2.05) is 49.1 Å². The van der Waals surface area contributed by atoms with E-state index in [0.29, 0.717) is 32.8 Å². The zero-order chi connectivity index (χ0) is 20.4. The number of carbonyl (C=O) groups excluding carboxylic acids is 2. The van der Waals surface area contributed by atoms with Crippen LogP contribution in [-0.2, 0) is 16.1 Å². The molecule has 1 atom stereocenters. The highest BCUT2D eigenvalue weighted by Gasteiger charge is 2.31. The fourth-order valence-electron chi connectivity index (χ4n) is 3.26. The molecule has 1 aromatic carbocycles. The van der Waals surface area contributed by atoms with Gasteiger partial charge in [-0.1, -0.05) is 44.2 Å². The highest BCUT2D eigenvalue weighted by atomic mass is 35.5. The molecule has 3 amide bonds. The van der Waals surface area contributed by atoms with Gasteiger partial charge >= 0.3 is 6.03 Å². The minimum atomic E-state index is -0.537. The monoisotopic (exact) mass is 426 g/mol. The van der Waals surface area contributed by atoms with Crippen molar-refractivity contribution in [3.63, 3.8) is 0 Å². The molecule has 7 nitrogen and oxygen atoms in total. The number of nitrogens with two attached hydrogens (primary N) is 1. The summed E-state index contributed by atoms with van der Waals surface area (Å²) in [4.78, 5) is 27.1. The summed E-state index contributed by atoms with van der Waals surface area (Å²) in [6.07, 6.45) is 2.69. The number of halogens is 1. The number of nitrogens with one attached hydrogen (secondary N) is 2. The molecule has 0 spiro atoms. The Morgan fingerprint density at radius 1 is 1.21 bits per heavy atom. The second-order valence-electron chi connectivity index (χ2n) is 7.57. The van der Waals surface area contributed by atoms with E-state index in [9.17, 15) is 9.59 Å². The average Bonchev–Trinajstić information content (AvgIpc) is 2.71. The number of carbonyl (C=O) groups is 2. The van der Waals surface area contributed by atoms with Gasteiger partial charge in [0.2, 0.25) is 5.91 Å². The Kier molecular flexibility index (Phi) is 11.7. The van der Waals surface area contributed by atoms with Crippen LogP contribution in [0.2, 0.25) is 0 Å². The van der Waals surface area contributed by atoms with Gasteiger partial charge in [-0.15, -0.1) is 12.4 Å². The minimum Gasteiger partial charge on any atom is -0.378 e. The molecule has 0 aliphatic carbocycles. The third kappa shape index (κ3) is 8.60. The van der Waals surface area contributed by atoms with Gasteiger partial charge in [0.15, 0.2) is 0 Å². The van der Waals surface area contributed by atoms with Crippen LogP contribution in [0.4, 0.5) is 4.79 Å². The predicted octanol–water partition coefficient (Wildman–Crippen LogP) is 2.29. The number of ether oxygens (including phenoxy) is 1. The molecular formula is C21H35ClN4O3. The maximum Gasteiger partial charge on any atom is 0.315 e. The molecule has 8 heteroatoms. The average molecular weight is 427 g/mol. The van der Waals surface area contributed by atoms with Crippen molar-refractivity contribution in [2.24, 2.45) is 11.7 Å². The molecule has 1 fully saturated rings. The summed E-state index contributed by atoms with van der Waals surface area (Å²) in [5.41, 5.74) is 6.50. The molecule has 1 aromatic rings. The van der Waals surface area contributed by atoms with Gasteiger partial charge in [0.05, 0.1) is 6.10 Å². The first-order valence-electron chi connectivity index (χ1n) is 10.2. The summed E-state index contributed by atoms with van der Waals surface area (Å²) in [6.45, 7) is 6.94. The Morgan fingerprint density at radius 2 is 1.86 bits per heavy atom. The lowest BCUT2D eigenvalue weighted by atomic mass is 10.0. The standard InChI is InChI=1S/C21H34N4O3.ClH/c1-16(2)19(24-21(27)23-15-17-7-4-3-5-8-17)20(26)25-12-9-18(10-13-25)28-14-6-11-22;/h3-5,7-8,16,18-19H,6,9-15,22H2,1-2H3,(H2,23,24,27);1H. The molecular weight excluding hydrogens is 392 g/mol. The first-order valence-corrected chi connectivity index (χ1v) is 10.2. The van der Waals surface area contributed by atoms with Gasteiger partial charge in [-0.3, -0.25) is 4.79 Å². The highest BCUT2D eigenvalue weighted by Crippen LogP contribution is 2.16. The zero-order valence-corrected chi connectivity index (χ0v) is 18.2. The largest absolute Gasteiger partial charge is 0.378 e. The number of rotatable bonds is 9. The van der Waals surface area contributed by atoms with E-state index in [0.717, 1.165) is 24.8 Å². The molecule has 0 saturated carbocycles. The van der Waals surface area contributed by atoms with E-state index in [1.54, 1.807) is 0 Å². The van der Waals surface area contributed by atoms with Crippen LogP contribution in [0.3, 0.4) is 0 Å². The molecule has 2 rings (SSSR count). The fraction of sp³-hybridized carbons (Fsp3) is 0.619. The third-order valence-corrected chi connectivity index (χ3v) is 4.97. The first-order chi connectivity index (χ1) is 13.5. The van der Waals surface area contributed by atoms with Crippen molar-refractivity contribution < 1.29 is 14.3 Å². The van der Waals surface area contributed by atoms with Crippen LogP contribution in [0.15, 0.2) is 30.3 Å². The van der Waals surface area contributed by atoms with Gasteiger partial charge in [-0.05, 0) is 37.3 Å². The molecule has 1 heterocycles. The summed E-state index contributed by atoms with van der Waals surface area (Å²) in [5.74, 6) is -0.0150. The van der Waals surface area contributed by atoms with Gasteiger partial charge < -0.3 is 26.0 Å². The normalized spacial score (nSPS) is 15.5. The third-order valence-electron chi connectivity index (χ3n) is 4.97. The maximum absolute atomic E-state index is 12.9. The topological polar surface area (TPSA) is 96.7 Å². The van der Waals surface area contributed by atoms with E-state index < -0.39 is 6.04 Å². The van der Waals surface area contributed by atoms with Gasteiger partial charge in [-0.2, -0.15) is 0 Å². The van der Waals surface area contributed by atoms with Gasteiger partial charge in [0.1, 0.15) is 6.04 Å². The number of likely N-dealkylation sites (tertiary alicyclic amines) is 1. The van der Waals surface area contributed by atoms with Gasteiger partial charge in [0.25, 0.3) is 0 Å². The molecule has 0 bridgehead atoms. The van der Waals surface area contributed by atoms with E-state index in [-0.39, 0.29) is 36.4 Å². The fourth-order valence-corrected chi connectivity index (χ4v) is 3.26. The van der Waals surface area contributed by atoms with Crippen molar-refractivity contribution in [2.45, 2.75) is 51.8 Å². The second kappa shape index (κ2) is 13.4. The Morgan fingerprint density at radius 3 is 2.45 bits per heavy atom. The van der Waals surface area contributed by atoms with Crippen molar-refractivity contribution in [3.8, 4) is 0 Å². The SMILES string of the molecule is CC(C)C(NC(=O)NCc1ccccc1)C(=O)N1CCC(OCCCN)CC1.Cl. The van der Waals surface area contributed by atoms with Crippen LogP contribution in [0, 0.1) is 5.92 Å². The smallest absolute Gasteiger partial charge is 0.315 e. The number of piperidine rings is 1. The van der Waals surface area contributed by atoms with E-state index in [4.69, 9.17) is 10.5 Å². The zero-order valence-electron chi connectivity index (χ0n) is 17.4. The van der Waals surface area contributed by atoms with Crippen LogP contribution < -0.4 is 16.4 Å². The van der Waals surface area contributed by atoms with Gasteiger partial charge in [-0.25, -0.2) is 4.79 Å². The Balaban J connectivity index is 0.00000420. The number of amides is 3. The Labute approximate surface area is 180 Å². The molecule has 164 valence electrons. The Bertz CT molecular complexity index is 607. The van der Waals surface area contributed by atoms with Crippen LogP contribution in [0.1, 0.15) is 38.7 Å². The van der Waals surface area contributed by atoms with Crippen molar-refractivity contribution in [3.05, 3.63) is 35.9 Å². The Hall–Kier alpha value is -1.83. The lowest BCUT2D eigenvalue weighted by molar-refractivity contribution is -0.136. The van der Waals surface area contributed by atoms with Crippen molar-refractivity contribution in [1.29, 1.82) is 0 Å². The van der Waals surface area contributed by atoms with Crippen LogP contribution in [0.25, 0.3) is 0 Å². The van der Waals surface area contributed by atoms with Gasteiger partial charge in [0, 0.05) is 26.2 Å². The molecule has 1 saturated heterocycles. The number of urea groups is 1. The summed E-state index contributed by atoms with van der Waals surface area (Å²) in [7, 11) is 0. The molecule has 0 aromatic heterocycles. The first kappa shape index (κ1) is 25.2. The quantitative estimate of drug-likeness (QED) is 0.528. The molecule has 0 radical (unpaired) electrons. The number of nitrogens with zero attached hydrogens (tertiary/aromatic N) is 1. The maximum atomic E-state index is 12.9. The molecule has 4 N–H and O–H groups in total.